The fraction of sp³-hybridized carbons (Fsp3) is 0.267. The van der Waals surface area contributed by atoms with Crippen molar-refractivity contribution in [1.29, 1.82) is 0 Å². The third-order valence-electron chi connectivity index (χ3n) is 3.18. The minimum absolute atomic E-state index is 0.402. The van der Waals surface area contributed by atoms with Crippen molar-refractivity contribution in [1.82, 2.24) is 4.98 Å². The lowest BCUT2D eigenvalue weighted by molar-refractivity contribution is 0.298. The fourth-order valence-corrected chi connectivity index (χ4v) is 2.09. The molecule has 0 unspecified atom stereocenters. The zero-order chi connectivity index (χ0) is 14.0. The summed E-state index contributed by atoms with van der Waals surface area (Å²) in [4.78, 5) is 4.37. The first-order valence-corrected chi connectivity index (χ1v) is 6.46. The maximum Gasteiger partial charge on any atom is 0.131 e. The monoisotopic (exact) mass is 276 g/mol. The van der Waals surface area contributed by atoms with Gasteiger partial charge in [-0.25, -0.2) is 0 Å². The molecule has 3 nitrogen and oxygen atoms in total. The summed E-state index contributed by atoms with van der Waals surface area (Å²) >= 11 is 5.91. The molecule has 0 atom stereocenters. The van der Waals surface area contributed by atoms with Crippen LogP contribution in [0, 0.1) is 20.8 Å². The first-order chi connectivity index (χ1) is 8.99. The van der Waals surface area contributed by atoms with Gasteiger partial charge in [0.05, 0.1) is 5.69 Å². The molecule has 0 aliphatic rings. The van der Waals surface area contributed by atoms with Crippen LogP contribution in [0.3, 0.4) is 0 Å². The van der Waals surface area contributed by atoms with Gasteiger partial charge in [0.25, 0.3) is 0 Å². The minimum atomic E-state index is 0.402. The van der Waals surface area contributed by atoms with E-state index in [4.69, 9.17) is 22.1 Å². The standard InChI is InChI=1S/C15H17ClN2O/c1-9-6-12(16)4-5-14(9)19-8-13-11(3)15(17)10(2)7-18-13/h4-7H,8H2,1-3H3,(H2,17,18). The number of nitrogen functional groups attached to an aromatic ring is 1. The number of halogens is 1. The van der Waals surface area contributed by atoms with E-state index in [0.717, 1.165) is 33.8 Å². The highest BCUT2D eigenvalue weighted by Crippen LogP contribution is 2.24. The quantitative estimate of drug-likeness (QED) is 0.927. The van der Waals surface area contributed by atoms with Crippen LogP contribution in [-0.2, 0) is 6.61 Å². The molecule has 1 aromatic heterocycles. The van der Waals surface area contributed by atoms with E-state index in [1.54, 1.807) is 6.20 Å². The number of nitrogens with zero attached hydrogens (tertiary/aromatic N) is 1. The molecule has 100 valence electrons. The molecule has 1 heterocycles. The van der Waals surface area contributed by atoms with Gasteiger partial charge >= 0.3 is 0 Å². The predicted octanol–water partition coefficient (Wildman–Crippen LogP) is 3.82. The van der Waals surface area contributed by atoms with E-state index in [1.165, 1.54) is 0 Å². The van der Waals surface area contributed by atoms with Gasteiger partial charge in [-0.2, -0.15) is 0 Å². The van der Waals surface area contributed by atoms with Gasteiger partial charge in [0.2, 0.25) is 0 Å². The highest BCUT2D eigenvalue weighted by molar-refractivity contribution is 6.30. The van der Waals surface area contributed by atoms with Gasteiger partial charge in [-0.05, 0) is 55.7 Å². The van der Waals surface area contributed by atoms with E-state index in [9.17, 15) is 0 Å². The Morgan fingerprint density at radius 1 is 1.21 bits per heavy atom. The molecule has 2 rings (SSSR count). The van der Waals surface area contributed by atoms with Crippen molar-refractivity contribution >= 4 is 17.3 Å². The molecule has 0 bridgehead atoms. The Kier molecular flexibility index (Phi) is 3.96. The van der Waals surface area contributed by atoms with Crippen LogP contribution in [0.1, 0.15) is 22.4 Å². The second kappa shape index (κ2) is 5.49. The largest absolute Gasteiger partial charge is 0.487 e. The topological polar surface area (TPSA) is 48.1 Å². The number of nitrogens with two attached hydrogens (primary N) is 1. The average Bonchev–Trinajstić information content (AvgIpc) is 2.37. The van der Waals surface area contributed by atoms with E-state index in [0.29, 0.717) is 11.6 Å². The molecule has 1 aromatic carbocycles. The van der Waals surface area contributed by atoms with Crippen LogP contribution in [0.25, 0.3) is 0 Å². The van der Waals surface area contributed by atoms with Crippen LogP contribution in [-0.4, -0.2) is 4.98 Å². The summed E-state index contributed by atoms with van der Waals surface area (Å²) in [6.45, 7) is 6.27. The van der Waals surface area contributed by atoms with Crippen molar-refractivity contribution in [3.8, 4) is 5.75 Å². The van der Waals surface area contributed by atoms with Gasteiger partial charge in [0, 0.05) is 16.9 Å². The second-order valence-corrected chi connectivity index (χ2v) is 5.06. The predicted molar refractivity (Wildman–Crippen MR) is 78.6 cm³/mol. The Morgan fingerprint density at radius 3 is 2.63 bits per heavy atom. The summed E-state index contributed by atoms with van der Waals surface area (Å²) in [5.41, 5.74) is 10.6. The molecule has 0 radical (unpaired) electrons. The van der Waals surface area contributed by atoms with Crippen LogP contribution in [0.15, 0.2) is 24.4 Å². The fourth-order valence-electron chi connectivity index (χ4n) is 1.86. The summed E-state index contributed by atoms with van der Waals surface area (Å²) in [5, 5.41) is 0.707. The van der Waals surface area contributed by atoms with Crippen LogP contribution >= 0.6 is 11.6 Å². The molecule has 0 spiro atoms. The molecular weight excluding hydrogens is 260 g/mol. The lowest BCUT2D eigenvalue weighted by Gasteiger charge is -2.12. The molecule has 0 amide bonds. The number of hydrogen-bond donors (Lipinski definition) is 1. The summed E-state index contributed by atoms with van der Waals surface area (Å²) < 4.78 is 5.78. The van der Waals surface area contributed by atoms with Gasteiger partial charge in [0.1, 0.15) is 12.4 Å². The molecule has 0 aliphatic carbocycles. The third kappa shape index (κ3) is 2.99. The van der Waals surface area contributed by atoms with E-state index < -0.39 is 0 Å². The highest BCUT2D eigenvalue weighted by Gasteiger charge is 2.08. The van der Waals surface area contributed by atoms with Crippen molar-refractivity contribution < 1.29 is 4.74 Å². The van der Waals surface area contributed by atoms with Crippen molar-refractivity contribution in [2.75, 3.05) is 5.73 Å². The number of benzene rings is 1. The number of aryl methyl sites for hydroxylation is 2. The number of rotatable bonds is 3. The Morgan fingerprint density at radius 2 is 1.95 bits per heavy atom. The SMILES string of the molecule is Cc1cc(Cl)ccc1OCc1ncc(C)c(N)c1C. The summed E-state index contributed by atoms with van der Waals surface area (Å²) in [5.74, 6) is 0.810. The molecule has 2 N–H and O–H groups in total. The Bertz CT molecular complexity index is 611. The average molecular weight is 277 g/mol. The molecule has 0 aliphatic heterocycles. The van der Waals surface area contributed by atoms with Crippen LogP contribution in [0.2, 0.25) is 5.02 Å². The lowest BCUT2D eigenvalue weighted by atomic mass is 10.1. The van der Waals surface area contributed by atoms with Crippen LogP contribution in [0.4, 0.5) is 5.69 Å². The zero-order valence-electron chi connectivity index (χ0n) is 11.3. The van der Waals surface area contributed by atoms with Crippen molar-refractivity contribution in [2.45, 2.75) is 27.4 Å². The number of anilines is 1. The minimum Gasteiger partial charge on any atom is -0.487 e. The molecule has 19 heavy (non-hydrogen) atoms. The molecule has 0 saturated carbocycles. The van der Waals surface area contributed by atoms with E-state index in [1.807, 2.05) is 39.0 Å². The number of aromatic nitrogens is 1. The molecular formula is C15H17ClN2O. The van der Waals surface area contributed by atoms with E-state index in [-0.39, 0.29) is 0 Å². The lowest BCUT2D eigenvalue weighted by Crippen LogP contribution is -2.05. The Hall–Kier alpha value is -1.74. The van der Waals surface area contributed by atoms with Crippen molar-refractivity contribution in [2.24, 2.45) is 0 Å². The van der Waals surface area contributed by atoms with Crippen molar-refractivity contribution in [3.05, 3.63) is 51.8 Å². The molecule has 4 heteroatoms. The third-order valence-corrected chi connectivity index (χ3v) is 3.41. The Labute approximate surface area is 118 Å². The number of ether oxygens (including phenoxy) is 1. The zero-order valence-corrected chi connectivity index (χ0v) is 12.1. The van der Waals surface area contributed by atoms with E-state index >= 15 is 0 Å². The molecule has 0 saturated heterocycles. The molecule has 2 aromatic rings. The van der Waals surface area contributed by atoms with E-state index in [2.05, 4.69) is 4.98 Å². The maximum atomic E-state index is 5.99. The van der Waals surface area contributed by atoms with Gasteiger partial charge in [-0.1, -0.05) is 11.6 Å². The second-order valence-electron chi connectivity index (χ2n) is 4.63. The van der Waals surface area contributed by atoms with Crippen molar-refractivity contribution in [3.63, 3.8) is 0 Å². The summed E-state index contributed by atoms with van der Waals surface area (Å²) in [6, 6.07) is 5.55. The normalized spacial score (nSPS) is 10.5. The Balaban J connectivity index is 2.17. The molecule has 0 fully saturated rings. The van der Waals surface area contributed by atoms with Gasteiger partial charge < -0.3 is 10.5 Å². The van der Waals surface area contributed by atoms with Gasteiger partial charge in [0.15, 0.2) is 0 Å². The number of hydrogen-bond acceptors (Lipinski definition) is 3. The first-order valence-electron chi connectivity index (χ1n) is 6.08. The highest BCUT2D eigenvalue weighted by atomic mass is 35.5. The summed E-state index contributed by atoms with van der Waals surface area (Å²) in [7, 11) is 0. The summed E-state index contributed by atoms with van der Waals surface area (Å²) in [6.07, 6.45) is 1.77. The van der Waals surface area contributed by atoms with Gasteiger partial charge in [-0.15, -0.1) is 0 Å². The number of pyridine rings is 1. The van der Waals surface area contributed by atoms with Crippen LogP contribution in [0.5, 0.6) is 5.75 Å². The van der Waals surface area contributed by atoms with Gasteiger partial charge in [-0.3, -0.25) is 4.98 Å². The maximum absolute atomic E-state index is 5.99. The first kappa shape index (κ1) is 13.7. The smallest absolute Gasteiger partial charge is 0.131 e. The van der Waals surface area contributed by atoms with Crippen LogP contribution < -0.4 is 10.5 Å².